The standard InChI is InChI=1S/C16H21NO4/c18-14-11-8-4-5-9-12(11)15(19)17(14)13(16(20)21)10-6-2-1-3-7-10/h4-5,10-13H,1-3,6-9H2,(H,20,21). The molecule has 0 spiro atoms. The first-order chi connectivity index (χ1) is 10.1. The number of carboxylic acid groups (broad SMARTS) is 1. The summed E-state index contributed by atoms with van der Waals surface area (Å²) in [4.78, 5) is 37.9. The van der Waals surface area contributed by atoms with Gasteiger partial charge >= 0.3 is 5.97 Å². The molecule has 3 atom stereocenters. The number of nitrogens with zero attached hydrogens (tertiary/aromatic N) is 1. The summed E-state index contributed by atoms with van der Waals surface area (Å²) in [6, 6.07) is -0.962. The fourth-order valence-corrected chi connectivity index (χ4v) is 4.07. The lowest BCUT2D eigenvalue weighted by atomic mass is 9.83. The summed E-state index contributed by atoms with van der Waals surface area (Å²) in [5.74, 6) is -2.34. The quantitative estimate of drug-likeness (QED) is 0.637. The van der Waals surface area contributed by atoms with E-state index in [2.05, 4.69) is 0 Å². The molecule has 0 aromatic heterocycles. The maximum Gasteiger partial charge on any atom is 0.327 e. The van der Waals surface area contributed by atoms with Gasteiger partial charge in [-0.1, -0.05) is 31.4 Å². The van der Waals surface area contributed by atoms with Crippen LogP contribution in [0.15, 0.2) is 12.2 Å². The summed E-state index contributed by atoms with van der Waals surface area (Å²) in [5.41, 5.74) is 0. The van der Waals surface area contributed by atoms with E-state index in [-0.39, 0.29) is 29.6 Å². The van der Waals surface area contributed by atoms with Crippen molar-refractivity contribution in [1.82, 2.24) is 4.90 Å². The molecule has 3 rings (SSSR count). The van der Waals surface area contributed by atoms with Gasteiger partial charge in [0.2, 0.25) is 11.8 Å². The summed E-state index contributed by atoms with van der Waals surface area (Å²) in [5, 5.41) is 9.59. The largest absolute Gasteiger partial charge is 0.480 e. The summed E-state index contributed by atoms with van der Waals surface area (Å²) >= 11 is 0. The van der Waals surface area contributed by atoms with Crippen molar-refractivity contribution >= 4 is 17.8 Å². The molecule has 21 heavy (non-hydrogen) atoms. The number of carbonyl (C=O) groups excluding carboxylic acids is 2. The average Bonchev–Trinajstić information content (AvgIpc) is 2.74. The van der Waals surface area contributed by atoms with E-state index in [1.807, 2.05) is 12.2 Å². The summed E-state index contributed by atoms with van der Waals surface area (Å²) < 4.78 is 0. The molecular formula is C16H21NO4. The first kappa shape index (κ1) is 14.3. The first-order valence-electron chi connectivity index (χ1n) is 7.86. The molecule has 3 aliphatic rings. The Morgan fingerprint density at radius 1 is 1.05 bits per heavy atom. The molecule has 1 N–H and O–H groups in total. The second kappa shape index (κ2) is 5.62. The van der Waals surface area contributed by atoms with Crippen molar-refractivity contribution in [1.29, 1.82) is 0 Å². The third-order valence-corrected chi connectivity index (χ3v) is 5.17. The molecular weight excluding hydrogens is 270 g/mol. The SMILES string of the molecule is O=C(O)C(C1CCCCC1)N1C(=O)C2CC=CCC2C1=O. The third-order valence-electron chi connectivity index (χ3n) is 5.17. The Bertz CT molecular complexity index is 467. The van der Waals surface area contributed by atoms with Crippen LogP contribution in [0.1, 0.15) is 44.9 Å². The van der Waals surface area contributed by atoms with Crippen LogP contribution in [0.3, 0.4) is 0 Å². The smallest absolute Gasteiger partial charge is 0.327 e. The Morgan fingerprint density at radius 3 is 2.05 bits per heavy atom. The van der Waals surface area contributed by atoms with Crippen LogP contribution in [0.25, 0.3) is 0 Å². The topological polar surface area (TPSA) is 74.7 Å². The van der Waals surface area contributed by atoms with E-state index < -0.39 is 12.0 Å². The van der Waals surface area contributed by atoms with Crippen LogP contribution in [0.5, 0.6) is 0 Å². The van der Waals surface area contributed by atoms with E-state index in [1.54, 1.807) is 0 Å². The van der Waals surface area contributed by atoms with Crippen molar-refractivity contribution in [3.05, 3.63) is 12.2 Å². The van der Waals surface area contributed by atoms with Gasteiger partial charge in [0.1, 0.15) is 6.04 Å². The molecule has 1 saturated heterocycles. The highest BCUT2D eigenvalue weighted by molar-refractivity contribution is 6.08. The summed E-state index contributed by atoms with van der Waals surface area (Å²) in [6.07, 6.45) is 9.63. The predicted molar refractivity (Wildman–Crippen MR) is 75.2 cm³/mol. The number of amides is 2. The molecule has 2 amide bonds. The lowest BCUT2D eigenvalue weighted by molar-refractivity contribution is -0.158. The maximum absolute atomic E-state index is 12.5. The highest BCUT2D eigenvalue weighted by Gasteiger charge is 2.52. The maximum atomic E-state index is 12.5. The summed E-state index contributed by atoms with van der Waals surface area (Å²) in [7, 11) is 0. The second-order valence-electron chi connectivity index (χ2n) is 6.38. The fraction of sp³-hybridized carbons (Fsp3) is 0.688. The van der Waals surface area contributed by atoms with Crippen LogP contribution in [0.4, 0.5) is 0 Å². The van der Waals surface area contributed by atoms with Crippen LogP contribution in [-0.4, -0.2) is 33.8 Å². The minimum atomic E-state index is -1.03. The number of aliphatic carboxylic acids is 1. The van der Waals surface area contributed by atoms with Crippen LogP contribution in [-0.2, 0) is 14.4 Å². The van der Waals surface area contributed by atoms with Crippen molar-refractivity contribution in [3.63, 3.8) is 0 Å². The van der Waals surface area contributed by atoms with E-state index in [0.29, 0.717) is 12.8 Å². The van der Waals surface area contributed by atoms with Gasteiger partial charge < -0.3 is 5.11 Å². The molecule has 5 nitrogen and oxygen atoms in total. The minimum absolute atomic E-state index is 0.0859. The number of hydrogen-bond donors (Lipinski definition) is 1. The molecule has 5 heteroatoms. The van der Waals surface area contributed by atoms with E-state index in [4.69, 9.17) is 0 Å². The zero-order valence-electron chi connectivity index (χ0n) is 12.0. The monoisotopic (exact) mass is 291 g/mol. The summed E-state index contributed by atoms with van der Waals surface area (Å²) in [6.45, 7) is 0. The predicted octanol–water partition coefficient (Wildman–Crippen LogP) is 1.97. The molecule has 1 heterocycles. The lowest BCUT2D eigenvalue weighted by Gasteiger charge is -2.32. The Morgan fingerprint density at radius 2 is 1.57 bits per heavy atom. The third kappa shape index (κ3) is 2.39. The molecule has 3 unspecified atom stereocenters. The Hall–Kier alpha value is -1.65. The normalized spacial score (nSPS) is 31.3. The van der Waals surface area contributed by atoms with Gasteiger partial charge in [-0.25, -0.2) is 4.79 Å². The number of rotatable bonds is 3. The number of carboxylic acids is 1. The van der Waals surface area contributed by atoms with Crippen molar-refractivity contribution < 1.29 is 19.5 Å². The zero-order chi connectivity index (χ0) is 15.0. The van der Waals surface area contributed by atoms with E-state index in [9.17, 15) is 19.5 Å². The molecule has 0 aromatic carbocycles. The lowest BCUT2D eigenvalue weighted by Crippen LogP contribution is -2.50. The van der Waals surface area contributed by atoms with Crippen LogP contribution in [0, 0.1) is 17.8 Å². The van der Waals surface area contributed by atoms with Gasteiger partial charge in [0.15, 0.2) is 0 Å². The van der Waals surface area contributed by atoms with E-state index in [1.165, 1.54) is 0 Å². The van der Waals surface area contributed by atoms with Gasteiger partial charge in [-0.3, -0.25) is 14.5 Å². The van der Waals surface area contributed by atoms with Gasteiger partial charge in [0.25, 0.3) is 0 Å². The highest BCUT2D eigenvalue weighted by Crippen LogP contribution is 2.39. The molecule has 1 aliphatic heterocycles. The van der Waals surface area contributed by atoms with Crippen LogP contribution in [0.2, 0.25) is 0 Å². The molecule has 2 fully saturated rings. The minimum Gasteiger partial charge on any atom is -0.480 e. The van der Waals surface area contributed by atoms with Crippen molar-refractivity contribution in [2.45, 2.75) is 51.0 Å². The molecule has 2 aliphatic carbocycles. The first-order valence-corrected chi connectivity index (χ1v) is 7.86. The van der Waals surface area contributed by atoms with Gasteiger partial charge in [-0.05, 0) is 31.6 Å². The number of imide groups is 1. The number of allylic oxidation sites excluding steroid dienone is 2. The van der Waals surface area contributed by atoms with Gasteiger partial charge in [0.05, 0.1) is 11.8 Å². The van der Waals surface area contributed by atoms with Crippen molar-refractivity contribution in [2.24, 2.45) is 17.8 Å². The second-order valence-corrected chi connectivity index (χ2v) is 6.38. The molecule has 0 radical (unpaired) electrons. The van der Waals surface area contributed by atoms with Crippen LogP contribution >= 0.6 is 0 Å². The number of hydrogen-bond acceptors (Lipinski definition) is 3. The number of likely N-dealkylation sites (tertiary alicyclic amines) is 1. The molecule has 0 bridgehead atoms. The van der Waals surface area contributed by atoms with E-state index >= 15 is 0 Å². The van der Waals surface area contributed by atoms with Crippen molar-refractivity contribution in [2.75, 3.05) is 0 Å². The van der Waals surface area contributed by atoms with Gasteiger partial charge in [-0.15, -0.1) is 0 Å². The zero-order valence-corrected chi connectivity index (χ0v) is 12.0. The Balaban J connectivity index is 1.87. The Kier molecular flexibility index (Phi) is 3.83. The van der Waals surface area contributed by atoms with E-state index in [0.717, 1.165) is 37.0 Å². The highest BCUT2D eigenvalue weighted by atomic mass is 16.4. The molecule has 0 aromatic rings. The van der Waals surface area contributed by atoms with Crippen LogP contribution < -0.4 is 0 Å². The number of fused-ring (bicyclic) bond motifs is 1. The number of carbonyl (C=O) groups is 3. The van der Waals surface area contributed by atoms with Gasteiger partial charge in [0, 0.05) is 0 Å². The van der Waals surface area contributed by atoms with Gasteiger partial charge in [-0.2, -0.15) is 0 Å². The fourth-order valence-electron chi connectivity index (χ4n) is 4.07. The molecule has 1 saturated carbocycles. The Labute approximate surface area is 124 Å². The molecule has 114 valence electrons. The van der Waals surface area contributed by atoms with Crippen molar-refractivity contribution in [3.8, 4) is 0 Å². The average molecular weight is 291 g/mol.